The van der Waals surface area contributed by atoms with Gasteiger partial charge in [0, 0.05) is 32.9 Å². The van der Waals surface area contributed by atoms with Gasteiger partial charge in [0.15, 0.2) is 0 Å². The van der Waals surface area contributed by atoms with Crippen molar-refractivity contribution in [3.05, 3.63) is 29.3 Å². The van der Waals surface area contributed by atoms with Crippen LogP contribution in [-0.4, -0.2) is 38.4 Å². The first-order chi connectivity index (χ1) is 8.08. The van der Waals surface area contributed by atoms with Crippen LogP contribution in [0, 0.1) is 6.92 Å². The third-order valence-corrected chi connectivity index (χ3v) is 2.81. The molecule has 0 aliphatic rings. The van der Waals surface area contributed by atoms with Gasteiger partial charge >= 0.3 is 0 Å². The predicted molar refractivity (Wildman–Crippen MR) is 76.0 cm³/mol. The van der Waals surface area contributed by atoms with Crippen molar-refractivity contribution in [2.24, 2.45) is 5.10 Å². The molecule has 1 rings (SSSR count). The van der Waals surface area contributed by atoms with E-state index >= 15 is 0 Å². The van der Waals surface area contributed by atoms with Crippen LogP contribution in [0.3, 0.4) is 0 Å². The highest BCUT2D eigenvalue weighted by atomic mass is 15.4. The largest absolute Gasteiger partial charge is 0.372 e. The Kier molecular flexibility index (Phi) is 5.01. The minimum atomic E-state index is 1.04. The first-order valence-corrected chi connectivity index (χ1v) is 6.15. The summed E-state index contributed by atoms with van der Waals surface area (Å²) in [5, 5.41) is 6.07. The van der Waals surface area contributed by atoms with Crippen molar-refractivity contribution >= 4 is 11.9 Å². The summed E-state index contributed by atoms with van der Waals surface area (Å²) in [7, 11) is 3.85. The number of hydrogen-bond acceptors (Lipinski definition) is 3. The van der Waals surface area contributed by atoms with Gasteiger partial charge in [-0.15, -0.1) is 0 Å². The fourth-order valence-corrected chi connectivity index (χ4v) is 1.77. The molecule has 0 atom stereocenters. The number of aryl methyl sites for hydroxylation is 1. The molecular formula is C14H23N3. The normalized spacial score (nSPS) is 10.9. The van der Waals surface area contributed by atoms with Crippen LogP contribution in [0.1, 0.15) is 25.0 Å². The number of anilines is 1. The monoisotopic (exact) mass is 233 g/mol. The van der Waals surface area contributed by atoms with E-state index in [9.17, 15) is 0 Å². The third-order valence-electron chi connectivity index (χ3n) is 2.81. The van der Waals surface area contributed by atoms with E-state index in [-0.39, 0.29) is 0 Å². The summed E-state index contributed by atoms with van der Waals surface area (Å²) >= 11 is 0. The van der Waals surface area contributed by atoms with Crippen molar-refractivity contribution in [3.63, 3.8) is 0 Å². The summed E-state index contributed by atoms with van der Waals surface area (Å²) in [4.78, 5) is 2.35. The Morgan fingerprint density at radius 2 is 1.82 bits per heavy atom. The molecule has 0 saturated carbocycles. The van der Waals surface area contributed by atoms with Crippen LogP contribution in [0.5, 0.6) is 0 Å². The molecule has 0 saturated heterocycles. The molecule has 0 aliphatic carbocycles. The fraction of sp³-hybridized carbons (Fsp3) is 0.500. The maximum Gasteiger partial charge on any atom is 0.0545 e. The minimum absolute atomic E-state index is 1.04. The summed E-state index contributed by atoms with van der Waals surface area (Å²) in [6.45, 7) is 8.58. The zero-order valence-electron chi connectivity index (χ0n) is 11.6. The first-order valence-electron chi connectivity index (χ1n) is 6.15. The Morgan fingerprint density at radius 1 is 1.18 bits per heavy atom. The first kappa shape index (κ1) is 13.6. The molecule has 0 aliphatic heterocycles. The van der Waals surface area contributed by atoms with Crippen molar-refractivity contribution in [1.82, 2.24) is 5.01 Å². The highest BCUT2D eigenvalue weighted by Gasteiger charge is 2.03. The molecule has 3 heteroatoms. The van der Waals surface area contributed by atoms with E-state index in [4.69, 9.17) is 0 Å². The summed E-state index contributed by atoms with van der Waals surface area (Å²) in [6.07, 6.45) is 1.90. The third kappa shape index (κ3) is 3.77. The summed E-state index contributed by atoms with van der Waals surface area (Å²) in [6, 6.07) is 6.52. The molecule has 0 N–H and O–H groups in total. The smallest absolute Gasteiger partial charge is 0.0545 e. The van der Waals surface area contributed by atoms with Crippen molar-refractivity contribution in [2.75, 3.05) is 32.1 Å². The van der Waals surface area contributed by atoms with Crippen molar-refractivity contribution in [2.45, 2.75) is 20.8 Å². The molecule has 1 aromatic carbocycles. The fourth-order valence-electron chi connectivity index (χ4n) is 1.77. The molecule has 0 fully saturated rings. The lowest BCUT2D eigenvalue weighted by Gasteiger charge is -2.21. The zero-order chi connectivity index (χ0) is 12.8. The standard InChI is InChI=1S/C14H23N3/c1-6-17(7-2)14-9-8-13(12(3)10-14)11-15-16(4)5/h8-11H,6-7H2,1-5H3. The van der Waals surface area contributed by atoms with Gasteiger partial charge in [0.25, 0.3) is 0 Å². The van der Waals surface area contributed by atoms with Crippen molar-refractivity contribution in [3.8, 4) is 0 Å². The molecule has 17 heavy (non-hydrogen) atoms. The van der Waals surface area contributed by atoms with Crippen LogP contribution in [0.2, 0.25) is 0 Å². The van der Waals surface area contributed by atoms with E-state index in [1.54, 1.807) is 5.01 Å². The molecular weight excluding hydrogens is 210 g/mol. The van der Waals surface area contributed by atoms with Crippen LogP contribution in [0.15, 0.2) is 23.3 Å². The van der Waals surface area contributed by atoms with Gasteiger partial charge in [-0.3, -0.25) is 0 Å². The van der Waals surface area contributed by atoms with Gasteiger partial charge < -0.3 is 9.91 Å². The molecule has 0 bridgehead atoms. The molecule has 0 spiro atoms. The Labute approximate surface area is 105 Å². The number of nitrogens with zero attached hydrogens (tertiary/aromatic N) is 3. The maximum atomic E-state index is 4.27. The number of hydrazone groups is 1. The molecule has 1 aromatic rings. The highest BCUT2D eigenvalue weighted by molar-refractivity contribution is 5.82. The zero-order valence-corrected chi connectivity index (χ0v) is 11.6. The van der Waals surface area contributed by atoms with Crippen molar-refractivity contribution < 1.29 is 0 Å². The molecule has 3 nitrogen and oxygen atoms in total. The van der Waals surface area contributed by atoms with E-state index in [0.717, 1.165) is 13.1 Å². The molecule has 94 valence electrons. The Morgan fingerprint density at radius 3 is 2.29 bits per heavy atom. The molecule has 0 heterocycles. The minimum Gasteiger partial charge on any atom is -0.372 e. The Hall–Kier alpha value is -1.51. The van der Waals surface area contributed by atoms with Gasteiger partial charge in [0.05, 0.1) is 6.21 Å². The van der Waals surface area contributed by atoms with E-state index in [1.165, 1.54) is 16.8 Å². The quantitative estimate of drug-likeness (QED) is 0.575. The lowest BCUT2D eigenvalue weighted by Crippen LogP contribution is -2.21. The second-order valence-corrected chi connectivity index (χ2v) is 4.30. The Bertz CT molecular complexity index is 379. The van der Waals surface area contributed by atoms with Crippen LogP contribution < -0.4 is 4.90 Å². The van der Waals surface area contributed by atoms with Gasteiger partial charge in [0.2, 0.25) is 0 Å². The van der Waals surface area contributed by atoms with E-state index in [1.807, 2.05) is 20.3 Å². The average molecular weight is 233 g/mol. The van der Waals surface area contributed by atoms with Crippen LogP contribution in [0.4, 0.5) is 5.69 Å². The van der Waals surface area contributed by atoms with Gasteiger partial charge in [-0.05, 0) is 44.0 Å². The predicted octanol–water partition coefficient (Wildman–Crippen LogP) is 2.74. The van der Waals surface area contributed by atoms with E-state index in [0.29, 0.717) is 0 Å². The van der Waals surface area contributed by atoms with E-state index < -0.39 is 0 Å². The summed E-state index contributed by atoms with van der Waals surface area (Å²) in [5.41, 5.74) is 3.73. The lowest BCUT2D eigenvalue weighted by molar-refractivity contribution is 0.440. The second kappa shape index (κ2) is 6.28. The van der Waals surface area contributed by atoms with Crippen LogP contribution in [0.25, 0.3) is 0 Å². The average Bonchev–Trinajstić information content (AvgIpc) is 2.29. The molecule has 0 radical (unpaired) electrons. The molecule has 0 aromatic heterocycles. The van der Waals surface area contributed by atoms with Gasteiger partial charge in [-0.2, -0.15) is 5.10 Å². The topological polar surface area (TPSA) is 18.8 Å². The molecule has 0 amide bonds. The number of benzene rings is 1. The summed E-state index contributed by atoms with van der Waals surface area (Å²) in [5.74, 6) is 0. The van der Waals surface area contributed by atoms with Gasteiger partial charge in [-0.25, -0.2) is 0 Å². The SMILES string of the molecule is CCN(CC)c1ccc(C=NN(C)C)c(C)c1. The maximum absolute atomic E-state index is 4.27. The highest BCUT2D eigenvalue weighted by Crippen LogP contribution is 2.18. The lowest BCUT2D eigenvalue weighted by atomic mass is 10.1. The van der Waals surface area contributed by atoms with E-state index in [2.05, 4.69) is 49.0 Å². The Balaban J connectivity index is 2.93. The van der Waals surface area contributed by atoms with Gasteiger partial charge in [-0.1, -0.05) is 6.07 Å². The second-order valence-electron chi connectivity index (χ2n) is 4.30. The van der Waals surface area contributed by atoms with Crippen LogP contribution in [-0.2, 0) is 0 Å². The number of rotatable bonds is 5. The van der Waals surface area contributed by atoms with Gasteiger partial charge in [0.1, 0.15) is 0 Å². The summed E-state index contributed by atoms with van der Waals surface area (Å²) < 4.78 is 0. The number of hydrogen-bond donors (Lipinski definition) is 0. The van der Waals surface area contributed by atoms with Crippen LogP contribution >= 0.6 is 0 Å². The van der Waals surface area contributed by atoms with Crippen molar-refractivity contribution in [1.29, 1.82) is 0 Å². The molecule has 0 unspecified atom stereocenters.